The van der Waals surface area contributed by atoms with E-state index in [9.17, 15) is 4.79 Å². The predicted octanol–water partition coefficient (Wildman–Crippen LogP) is -1.91. The maximum atomic E-state index is 11.9. The van der Waals surface area contributed by atoms with Gasteiger partial charge in [0.15, 0.2) is 0 Å². The zero-order valence-electron chi connectivity index (χ0n) is 9.25. The first-order valence-electron chi connectivity index (χ1n) is 5.61. The third kappa shape index (κ3) is 3.18. The number of nitrogens with two attached hydrogens (primary N) is 1. The molecule has 1 aliphatic rings. The van der Waals surface area contributed by atoms with Crippen molar-refractivity contribution in [1.29, 1.82) is 0 Å². The predicted molar refractivity (Wildman–Crippen MR) is 59.2 cm³/mol. The Balaban J connectivity index is 2.51. The molecule has 2 atom stereocenters. The smallest absolute Gasteiger partial charge is 0.426 e. The van der Waals surface area contributed by atoms with Gasteiger partial charge in [-0.05, 0) is 25.7 Å². The Morgan fingerprint density at radius 1 is 1.56 bits per heavy atom. The molecule has 1 amide bonds. The number of hydrogen-bond acceptors (Lipinski definition) is 5. The summed E-state index contributed by atoms with van der Waals surface area (Å²) in [6, 6.07) is -0.661. The van der Waals surface area contributed by atoms with Crippen LogP contribution >= 0.6 is 0 Å². The highest BCUT2D eigenvalue weighted by Gasteiger charge is 2.38. The first kappa shape index (κ1) is 13.4. The largest absolute Gasteiger partial charge is 0.475 e. The molecule has 0 saturated carbocycles. The molecule has 0 spiro atoms. The molecule has 0 aliphatic carbocycles. The van der Waals surface area contributed by atoms with Crippen molar-refractivity contribution in [2.45, 2.75) is 37.7 Å². The number of hydrogen-bond donors (Lipinski definition) is 4. The van der Waals surface area contributed by atoms with E-state index in [4.69, 9.17) is 20.9 Å². The van der Waals surface area contributed by atoms with Crippen LogP contribution < -0.4 is 5.73 Å². The third-order valence-electron chi connectivity index (χ3n) is 2.92. The van der Waals surface area contributed by atoms with Crippen molar-refractivity contribution in [3.05, 3.63) is 0 Å². The number of aliphatic hydroxyl groups is 1. The minimum absolute atomic E-state index is 0.00698. The summed E-state index contributed by atoms with van der Waals surface area (Å²) >= 11 is 0. The van der Waals surface area contributed by atoms with E-state index in [2.05, 4.69) is 0 Å². The number of carbonyl (C=O) groups excluding carboxylic acids is 1. The molecule has 16 heavy (non-hydrogen) atoms. The summed E-state index contributed by atoms with van der Waals surface area (Å²) in [5.74, 6) is -0.795. The van der Waals surface area contributed by atoms with Gasteiger partial charge in [-0.1, -0.05) is 0 Å². The highest BCUT2D eigenvalue weighted by molar-refractivity contribution is 6.43. The quantitative estimate of drug-likeness (QED) is 0.412. The Labute approximate surface area is 95.2 Å². The molecule has 0 unspecified atom stereocenters. The topological polar surface area (TPSA) is 107 Å². The zero-order valence-corrected chi connectivity index (χ0v) is 9.25. The van der Waals surface area contributed by atoms with Gasteiger partial charge in [0.2, 0.25) is 5.91 Å². The first-order valence-corrected chi connectivity index (χ1v) is 5.61. The molecule has 0 aromatic carbocycles. The number of nitrogens with zero attached hydrogens (tertiary/aromatic N) is 1. The maximum Gasteiger partial charge on any atom is 0.475 e. The lowest BCUT2D eigenvalue weighted by molar-refractivity contribution is -0.132. The van der Waals surface area contributed by atoms with Crippen molar-refractivity contribution < 1.29 is 19.9 Å². The molecule has 6 nitrogen and oxygen atoms in total. The first-order chi connectivity index (χ1) is 7.57. The van der Waals surface area contributed by atoms with Crippen molar-refractivity contribution in [3.8, 4) is 0 Å². The van der Waals surface area contributed by atoms with Crippen LogP contribution in [0.15, 0.2) is 0 Å². The molecule has 7 heteroatoms. The van der Waals surface area contributed by atoms with Crippen LogP contribution in [0.5, 0.6) is 0 Å². The summed E-state index contributed by atoms with van der Waals surface area (Å²) < 4.78 is 0. The molecule has 1 rings (SSSR count). The van der Waals surface area contributed by atoms with E-state index in [-0.39, 0.29) is 12.5 Å². The Bertz CT molecular complexity index is 240. The fraction of sp³-hybridized carbons (Fsp3) is 0.889. The van der Waals surface area contributed by atoms with Crippen LogP contribution in [-0.4, -0.2) is 58.2 Å². The van der Waals surface area contributed by atoms with E-state index in [0.29, 0.717) is 25.8 Å². The molecule has 1 heterocycles. The third-order valence-corrected chi connectivity index (χ3v) is 2.92. The van der Waals surface area contributed by atoms with Crippen molar-refractivity contribution in [2.75, 3.05) is 13.2 Å². The second-order valence-corrected chi connectivity index (χ2v) is 4.13. The van der Waals surface area contributed by atoms with Crippen molar-refractivity contribution in [1.82, 2.24) is 4.90 Å². The molecule has 0 radical (unpaired) electrons. The summed E-state index contributed by atoms with van der Waals surface area (Å²) in [6.07, 6.45) is 2.25. The van der Waals surface area contributed by atoms with E-state index in [1.165, 1.54) is 4.90 Å². The maximum absolute atomic E-state index is 11.9. The van der Waals surface area contributed by atoms with Crippen LogP contribution in [-0.2, 0) is 4.79 Å². The summed E-state index contributed by atoms with van der Waals surface area (Å²) in [5.41, 5.74) is 5.68. The number of likely N-dealkylation sites (tertiary alicyclic amines) is 1. The molecule has 1 fully saturated rings. The van der Waals surface area contributed by atoms with Gasteiger partial charge >= 0.3 is 7.12 Å². The average Bonchev–Trinajstić information content (AvgIpc) is 2.73. The molecule has 5 N–H and O–H groups in total. The molecular weight excluding hydrogens is 211 g/mol. The summed E-state index contributed by atoms with van der Waals surface area (Å²) in [4.78, 5) is 13.3. The summed E-state index contributed by atoms with van der Waals surface area (Å²) in [5, 5.41) is 26.9. The molecule has 1 saturated heterocycles. The Kier molecular flexibility index (Phi) is 5.20. The van der Waals surface area contributed by atoms with Crippen LogP contribution in [0.2, 0.25) is 0 Å². The van der Waals surface area contributed by atoms with Gasteiger partial charge in [0.05, 0.1) is 12.0 Å². The van der Waals surface area contributed by atoms with Crippen LogP contribution in [0.4, 0.5) is 0 Å². The monoisotopic (exact) mass is 230 g/mol. The van der Waals surface area contributed by atoms with Gasteiger partial charge < -0.3 is 25.8 Å². The SMILES string of the molecule is N[C@@H](CCCO)C(=O)N1CCC[C@H]1B(O)O. The van der Waals surface area contributed by atoms with Crippen molar-refractivity contribution >= 4 is 13.0 Å². The summed E-state index contributed by atoms with van der Waals surface area (Å²) in [7, 11) is -1.50. The highest BCUT2D eigenvalue weighted by atomic mass is 16.4. The minimum atomic E-state index is -1.50. The lowest BCUT2D eigenvalue weighted by Gasteiger charge is -2.26. The number of amides is 1. The molecule has 1 aliphatic heterocycles. The van der Waals surface area contributed by atoms with Gasteiger partial charge in [-0.2, -0.15) is 0 Å². The fourth-order valence-corrected chi connectivity index (χ4v) is 2.02. The average molecular weight is 230 g/mol. The fourth-order valence-electron chi connectivity index (χ4n) is 2.02. The second-order valence-electron chi connectivity index (χ2n) is 4.13. The molecule has 0 aromatic rings. The van der Waals surface area contributed by atoms with E-state index >= 15 is 0 Å². The number of rotatable bonds is 5. The summed E-state index contributed by atoms with van der Waals surface area (Å²) in [6.45, 7) is 0.529. The van der Waals surface area contributed by atoms with E-state index < -0.39 is 19.1 Å². The van der Waals surface area contributed by atoms with Gasteiger partial charge in [-0.3, -0.25) is 4.79 Å². The van der Waals surface area contributed by atoms with Crippen LogP contribution in [0.25, 0.3) is 0 Å². The highest BCUT2D eigenvalue weighted by Crippen LogP contribution is 2.19. The number of carbonyl (C=O) groups is 1. The molecule has 92 valence electrons. The van der Waals surface area contributed by atoms with Gasteiger partial charge in [0, 0.05) is 13.2 Å². The van der Waals surface area contributed by atoms with Crippen molar-refractivity contribution in [3.63, 3.8) is 0 Å². The van der Waals surface area contributed by atoms with E-state index in [1.54, 1.807) is 0 Å². The normalized spacial score (nSPS) is 22.2. The standard InChI is InChI=1S/C9H19BN2O4/c11-7(3-2-6-13)9(14)12-5-1-4-8(12)10(15)16/h7-8,13,15-16H,1-6,11H2/t7-,8-/m0/s1. The Hall–Kier alpha value is -0.625. The van der Waals surface area contributed by atoms with Gasteiger partial charge in [-0.15, -0.1) is 0 Å². The lowest BCUT2D eigenvalue weighted by atomic mass is 9.77. The Morgan fingerprint density at radius 2 is 2.25 bits per heavy atom. The minimum Gasteiger partial charge on any atom is -0.426 e. The van der Waals surface area contributed by atoms with Crippen LogP contribution in [0.3, 0.4) is 0 Å². The molecule has 0 bridgehead atoms. The van der Waals surface area contributed by atoms with E-state index in [0.717, 1.165) is 6.42 Å². The zero-order chi connectivity index (χ0) is 12.1. The molecule has 0 aromatic heterocycles. The second kappa shape index (κ2) is 6.19. The lowest BCUT2D eigenvalue weighted by Crippen LogP contribution is -2.51. The van der Waals surface area contributed by atoms with Gasteiger partial charge in [-0.25, -0.2) is 0 Å². The van der Waals surface area contributed by atoms with Crippen LogP contribution in [0.1, 0.15) is 25.7 Å². The van der Waals surface area contributed by atoms with E-state index in [1.807, 2.05) is 0 Å². The van der Waals surface area contributed by atoms with Crippen LogP contribution in [0, 0.1) is 0 Å². The Morgan fingerprint density at radius 3 is 2.81 bits per heavy atom. The van der Waals surface area contributed by atoms with Gasteiger partial charge in [0.25, 0.3) is 0 Å². The molecular formula is C9H19BN2O4. The van der Waals surface area contributed by atoms with Crippen molar-refractivity contribution in [2.24, 2.45) is 5.73 Å². The number of aliphatic hydroxyl groups excluding tert-OH is 1. The van der Waals surface area contributed by atoms with Gasteiger partial charge in [0.1, 0.15) is 0 Å².